The van der Waals surface area contributed by atoms with E-state index in [0.29, 0.717) is 5.69 Å². The monoisotopic (exact) mass is 192 g/mol. The lowest BCUT2D eigenvalue weighted by Crippen LogP contribution is -2.21. The van der Waals surface area contributed by atoms with E-state index < -0.39 is 0 Å². The smallest absolute Gasteiger partial charge is 0.224 e. The Labute approximate surface area is 84.1 Å². The fraction of sp³-hybridized carbons (Fsp3) is 0.364. The number of hydrogen-bond acceptors (Lipinski definition) is 2. The average Bonchev–Trinajstić information content (AvgIpc) is 2.15. The standard InChI is InChI=1S/C11H16N2O/c1-2-3-10(11(13)14)8-4-6-9(12)7-5-8/h4-7,10H,2-3,12H2,1H3,(H2,13,14). The van der Waals surface area contributed by atoms with Gasteiger partial charge in [0.25, 0.3) is 0 Å². The van der Waals surface area contributed by atoms with Gasteiger partial charge in [0.05, 0.1) is 5.92 Å². The zero-order valence-corrected chi connectivity index (χ0v) is 8.36. The lowest BCUT2D eigenvalue weighted by Gasteiger charge is -2.12. The summed E-state index contributed by atoms with van der Waals surface area (Å²) in [6.07, 6.45) is 1.73. The molecule has 3 heteroatoms. The Balaban J connectivity index is 2.87. The largest absolute Gasteiger partial charge is 0.399 e. The SMILES string of the molecule is CCCC(C(N)=O)c1ccc(N)cc1. The Kier molecular flexibility index (Phi) is 3.51. The Morgan fingerprint density at radius 1 is 1.36 bits per heavy atom. The molecule has 0 heterocycles. The maximum atomic E-state index is 11.2. The molecular weight excluding hydrogens is 176 g/mol. The van der Waals surface area contributed by atoms with Gasteiger partial charge >= 0.3 is 0 Å². The highest BCUT2D eigenvalue weighted by Gasteiger charge is 2.15. The summed E-state index contributed by atoms with van der Waals surface area (Å²) in [6.45, 7) is 2.03. The zero-order valence-electron chi connectivity index (χ0n) is 8.36. The molecule has 0 fully saturated rings. The molecule has 0 aromatic heterocycles. The molecule has 4 N–H and O–H groups in total. The van der Waals surface area contributed by atoms with Gasteiger partial charge in [-0.25, -0.2) is 0 Å². The van der Waals surface area contributed by atoms with Crippen molar-refractivity contribution in [2.24, 2.45) is 5.73 Å². The van der Waals surface area contributed by atoms with E-state index in [1.807, 2.05) is 19.1 Å². The number of rotatable bonds is 4. The van der Waals surface area contributed by atoms with Crippen LogP contribution in [0.1, 0.15) is 31.2 Å². The first-order valence-electron chi connectivity index (χ1n) is 4.80. The van der Waals surface area contributed by atoms with E-state index in [1.54, 1.807) is 12.1 Å². The van der Waals surface area contributed by atoms with Crippen LogP contribution in [0.25, 0.3) is 0 Å². The molecule has 1 aromatic carbocycles. The number of anilines is 1. The number of primary amides is 1. The number of carbonyl (C=O) groups is 1. The van der Waals surface area contributed by atoms with Crippen LogP contribution in [-0.2, 0) is 4.79 Å². The molecule has 1 rings (SSSR count). The highest BCUT2D eigenvalue weighted by atomic mass is 16.1. The van der Waals surface area contributed by atoms with Gasteiger partial charge in [-0.3, -0.25) is 4.79 Å². The number of carbonyl (C=O) groups excluding carboxylic acids is 1. The van der Waals surface area contributed by atoms with Crippen molar-refractivity contribution in [2.45, 2.75) is 25.7 Å². The second-order valence-electron chi connectivity index (χ2n) is 3.41. The van der Waals surface area contributed by atoms with E-state index in [9.17, 15) is 4.79 Å². The van der Waals surface area contributed by atoms with Crippen molar-refractivity contribution < 1.29 is 4.79 Å². The molecule has 1 atom stereocenters. The summed E-state index contributed by atoms with van der Waals surface area (Å²) in [6, 6.07) is 7.31. The predicted molar refractivity (Wildman–Crippen MR) is 57.7 cm³/mol. The first-order valence-corrected chi connectivity index (χ1v) is 4.80. The zero-order chi connectivity index (χ0) is 10.6. The van der Waals surface area contributed by atoms with Gasteiger partial charge in [-0.1, -0.05) is 25.5 Å². The summed E-state index contributed by atoms with van der Waals surface area (Å²) < 4.78 is 0. The first kappa shape index (κ1) is 10.6. The minimum atomic E-state index is -0.267. The molecule has 0 aliphatic rings. The summed E-state index contributed by atoms with van der Waals surface area (Å²) in [4.78, 5) is 11.2. The van der Waals surface area contributed by atoms with Crippen LogP contribution in [0, 0.1) is 0 Å². The Hall–Kier alpha value is -1.51. The van der Waals surface area contributed by atoms with Gasteiger partial charge < -0.3 is 11.5 Å². The fourth-order valence-corrected chi connectivity index (χ4v) is 1.49. The molecule has 0 aliphatic carbocycles. The van der Waals surface area contributed by atoms with Crippen molar-refractivity contribution in [1.82, 2.24) is 0 Å². The van der Waals surface area contributed by atoms with Crippen LogP contribution in [0.15, 0.2) is 24.3 Å². The molecule has 14 heavy (non-hydrogen) atoms. The van der Waals surface area contributed by atoms with Gasteiger partial charge in [0.1, 0.15) is 0 Å². The van der Waals surface area contributed by atoms with Crippen LogP contribution in [0.2, 0.25) is 0 Å². The summed E-state index contributed by atoms with van der Waals surface area (Å²) in [5, 5.41) is 0. The van der Waals surface area contributed by atoms with Gasteiger partial charge in [-0.15, -0.1) is 0 Å². The van der Waals surface area contributed by atoms with Gasteiger partial charge in [0.2, 0.25) is 5.91 Å². The molecule has 0 radical (unpaired) electrons. The number of nitrogens with two attached hydrogens (primary N) is 2. The number of benzene rings is 1. The lowest BCUT2D eigenvalue weighted by atomic mass is 9.94. The maximum Gasteiger partial charge on any atom is 0.224 e. The molecule has 0 bridgehead atoms. The molecule has 0 saturated carbocycles. The first-order chi connectivity index (χ1) is 6.65. The Morgan fingerprint density at radius 2 is 1.93 bits per heavy atom. The Morgan fingerprint density at radius 3 is 2.36 bits per heavy atom. The molecule has 0 spiro atoms. The lowest BCUT2D eigenvalue weighted by molar-refractivity contribution is -0.119. The van der Waals surface area contributed by atoms with E-state index in [-0.39, 0.29) is 11.8 Å². The second-order valence-corrected chi connectivity index (χ2v) is 3.41. The van der Waals surface area contributed by atoms with E-state index in [0.717, 1.165) is 18.4 Å². The molecule has 1 unspecified atom stereocenters. The van der Waals surface area contributed by atoms with Crippen molar-refractivity contribution >= 4 is 11.6 Å². The normalized spacial score (nSPS) is 12.4. The van der Waals surface area contributed by atoms with Crippen molar-refractivity contribution in [1.29, 1.82) is 0 Å². The van der Waals surface area contributed by atoms with Crippen molar-refractivity contribution in [3.05, 3.63) is 29.8 Å². The molecule has 1 aromatic rings. The number of amides is 1. The summed E-state index contributed by atoms with van der Waals surface area (Å²) in [7, 11) is 0. The molecular formula is C11H16N2O. The van der Waals surface area contributed by atoms with Gasteiger partial charge in [0, 0.05) is 5.69 Å². The van der Waals surface area contributed by atoms with Gasteiger partial charge in [-0.2, -0.15) is 0 Å². The highest BCUT2D eigenvalue weighted by Crippen LogP contribution is 2.21. The summed E-state index contributed by atoms with van der Waals surface area (Å²) in [5.74, 6) is -0.447. The topological polar surface area (TPSA) is 69.1 Å². The molecule has 76 valence electrons. The maximum absolute atomic E-state index is 11.2. The molecule has 1 amide bonds. The van der Waals surface area contributed by atoms with Crippen LogP contribution in [0.4, 0.5) is 5.69 Å². The van der Waals surface area contributed by atoms with E-state index in [2.05, 4.69) is 0 Å². The third-order valence-electron chi connectivity index (χ3n) is 2.26. The molecule has 0 saturated heterocycles. The van der Waals surface area contributed by atoms with Crippen LogP contribution in [-0.4, -0.2) is 5.91 Å². The van der Waals surface area contributed by atoms with Crippen LogP contribution in [0.5, 0.6) is 0 Å². The van der Waals surface area contributed by atoms with Crippen molar-refractivity contribution in [3.63, 3.8) is 0 Å². The quantitative estimate of drug-likeness (QED) is 0.712. The van der Waals surface area contributed by atoms with Crippen LogP contribution in [0.3, 0.4) is 0 Å². The van der Waals surface area contributed by atoms with E-state index in [1.165, 1.54) is 0 Å². The third kappa shape index (κ3) is 2.49. The van der Waals surface area contributed by atoms with Crippen molar-refractivity contribution in [3.8, 4) is 0 Å². The second kappa shape index (κ2) is 4.65. The number of hydrogen-bond donors (Lipinski definition) is 2. The minimum Gasteiger partial charge on any atom is -0.399 e. The van der Waals surface area contributed by atoms with Gasteiger partial charge in [-0.05, 0) is 24.1 Å². The number of nitrogen functional groups attached to an aromatic ring is 1. The fourth-order valence-electron chi connectivity index (χ4n) is 1.49. The Bertz CT molecular complexity index is 306. The third-order valence-corrected chi connectivity index (χ3v) is 2.26. The summed E-state index contributed by atoms with van der Waals surface area (Å²) >= 11 is 0. The van der Waals surface area contributed by atoms with Crippen LogP contribution < -0.4 is 11.5 Å². The summed E-state index contributed by atoms with van der Waals surface area (Å²) in [5.41, 5.74) is 12.5. The van der Waals surface area contributed by atoms with Crippen molar-refractivity contribution in [2.75, 3.05) is 5.73 Å². The highest BCUT2D eigenvalue weighted by molar-refractivity contribution is 5.81. The minimum absolute atomic E-state index is 0.180. The van der Waals surface area contributed by atoms with E-state index >= 15 is 0 Å². The molecule has 0 aliphatic heterocycles. The molecule has 3 nitrogen and oxygen atoms in total. The average molecular weight is 192 g/mol. The van der Waals surface area contributed by atoms with Gasteiger partial charge in [0.15, 0.2) is 0 Å². The van der Waals surface area contributed by atoms with Crippen LogP contribution >= 0.6 is 0 Å². The predicted octanol–water partition coefficient (Wildman–Crippen LogP) is 1.64. The van der Waals surface area contributed by atoms with E-state index in [4.69, 9.17) is 11.5 Å².